The minimum absolute atomic E-state index is 0. The van der Waals surface area contributed by atoms with E-state index in [-0.39, 0.29) is 29.9 Å². The van der Waals surface area contributed by atoms with Crippen molar-refractivity contribution in [1.82, 2.24) is 19.7 Å². The van der Waals surface area contributed by atoms with E-state index in [1.165, 1.54) is 38.1 Å². The molecule has 3 saturated heterocycles. The first-order valence-corrected chi connectivity index (χ1v) is 10.1. The van der Waals surface area contributed by atoms with Crippen molar-refractivity contribution >= 4 is 29.1 Å². The quantitative estimate of drug-likeness (QED) is 0.644. The van der Waals surface area contributed by atoms with E-state index in [0.29, 0.717) is 23.8 Å². The second-order valence-corrected chi connectivity index (χ2v) is 8.39. The highest BCUT2D eigenvalue weighted by Gasteiger charge is 2.44. The van der Waals surface area contributed by atoms with Gasteiger partial charge in [-0.25, -0.2) is 9.07 Å². The number of rotatable bonds is 2. The van der Waals surface area contributed by atoms with Crippen molar-refractivity contribution in [2.75, 3.05) is 19.6 Å². The maximum Gasteiger partial charge on any atom is 0.168 e. The Morgan fingerprint density at radius 3 is 2.52 bits per heavy atom. The molecule has 5 heterocycles. The average molecular weight is 413 g/mol. The first-order chi connectivity index (χ1) is 13.7. The molecule has 29 heavy (non-hydrogen) atoms. The van der Waals surface area contributed by atoms with Crippen molar-refractivity contribution < 1.29 is 9.18 Å². The van der Waals surface area contributed by atoms with Gasteiger partial charge in [-0.1, -0.05) is 0 Å². The van der Waals surface area contributed by atoms with Crippen molar-refractivity contribution in [3.63, 3.8) is 0 Å². The second-order valence-electron chi connectivity index (χ2n) is 8.39. The number of nitrogens with zero attached hydrogens (tertiary/aromatic N) is 4. The maximum atomic E-state index is 13.4. The summed E-state index contributed by atoms with van der Waals surface area (Å²) in [6.07, 6.45) is 6.55. The van der Waals surface area contributed by atoms with Crippen molar-refractivity contribution in [2.45, 2.75) is 19.3 Å². The van der Waals surface area contributed by atoms with E-state index in [1.807, 2.05) is 0 Å². The number of ketones is 1. The van der Waals surface area contributed by atoms with Crippen LogP contribution in [-0.2, 0) is 6.42 Å². The summed E-state index contributed by atoms with van der Waals surface area (Å²) >= 11 is 0. The molecule has 0 amide bonds. The third-order valence-electron chi connectivity index (χ3n) is 6.97. The third kappa shape index (κ3) is 2.81. The minimum atomic E-state index is -0.277. The van der Waals surface area contributed by atoms with Gasteiger partial charge in [-0.3, -0.25) is 9.78 Å². The lowest BCUT2D eigenvalue weighted by Crippen LogP contribution is -2.51. The number of aromatic nitrogens is 3. The molecule has 1 unspecified atom stereocenters. The number of carbonyl (C=O) groups is 1. The number of halogens is 2. The Kier molecular flexibility index (Phi) is 4.44. The molecular formula is C22H22ClFN4O. The Labute approximate surface area is 174 Å². The van der Waals surface area contributed by atoms with E-state index >= 15 is 0 Å². The average Bonchev–Trinajstić information content (AvgIpc) is 3.11. The lowest BCUT2D eigenvalue weighted by atomic mass is 9.67. The van der Waals surface area contributed by atoms with E-state index in [1.54, 1.807) is 29.2 Å². The van der Waals surface area contributed by atoms with E-state index in [4.69, 9.17) is 5.10 Å². The Morgan fingerprint density at radius 2 is 1.83 bits per heavy atom. The van der Waals surface area contributed by atoms with Crippen LogP contribution in [0.3, 0.4) is 0 Å². The third-order valence-corrected chi connectivity index (χ3v) is 6.97. The van der Waals surface area contributed by atoms with E-state index < -0.39 is 0 Å². The first kappa shape index (κ1) is 18.7. The van der Waals surface area contributed by atoms with Gasteiger partial charge < -0.3 is 4.90 Å². The van der Waals surface area contributed by atoms with Gasteiger partial charge in [0.15, 0.2) is 5.78 Å². The van der Waals surface area contributed by atoms with E-state index in [9.17, 15) is 9.18 Å². The van der Waals surface area contributed by atoms with Crippen LogP contribution < -0.4 is 0 Å². The van der Waals surface area contributed by atoms with Gasteiger partial charge in [0.05, 0.1) is 23.1 Å². The molecule has 2 bridgehead atoms. The molecule has 4 aliphatic rings. The molecule has 1 aliphatic carbocycles. The standard InChI is InChI=1S/C22H21FN4O.ClH/c23-14-1-3-15(4-2-14)27-20-11-24-10-17-21(20)19(25-27)9-16(22(17)28)18-12-26-7-5-13(18)6-8-26;/h1-4,10-11,13,16,18H,5-9,12H2;1H/t16-,18?;/m1./s1. The predicted molar refractivity (Wildman–Crippen MR) is 110 cm³/mol. The van der Waals surface area contributed by atoms with Crippen LogP contribution in [0.1, 0.15) is 28.9 Å². The molecule has 2 atom stereocenters. The fraction of sp³-hybridized carbons (Fsp3) is 0.409. The molecular weight excluding hydrogens is 391 g/mol. The molecule has 7 heteroatoms. The van der Waals surface area contributed by atoms with Crippen LogP contribution in [0, 0.1) is 23.6 Å². The molecule has 3 aromatic rings. The van der Waals surface area contributed by atoms with Gasteiger partial charge in [0.25, 0.3) is 0 Å². The number of carbonyl (C=O) groups excluding carboxylic acids is 1. The van der Waals surface area contributed by atoms with Gasteiger partial charge in [-0.2, -0.15) is 5.10 Å². The zero-order valence-electron chi connectivity index (χ0n) is 15.9. The van der Waals surface area contributed by atoms with Crippen LogP contribution >= 0.6 is 12.4 Å². The van der Waals surface area contributed by atoms with Crippen LogP contribution in [-0.4, -0.2) is 45.1 Å². The smallest absolute Gasteiger partial charge is 0.168 e. The number of hydrogen-bond acceptors (Lipinski definition) is 4. The highest BCUT2D eigenvalue weighted by molar-refractivity contribution is 6.11. The summed E-state index contributed by atoms with van der Waals surface area (Å²) in [6, 6.07) is 6.28. The second kappa shape index (κ2) is 6.89. The summed E-state index contributed by atoms with van der Waals surface area (Å²) in [6.45, 7) is 3.37. The topological polar surface area (TPSA) is 51.0 Å². The minimum Gasteiger partial charge on any atom is -0.303 e. The fourth-order valence-corrected chi connectivity index (χ4v) is 5.56. The molecule has 0 spiro atoms. The van der Waals surface area contributed by atoms with Crippen LogP contribution in [0.15, 0.2) is 36.7 Å². The Bertz CT molecular complexity index is 1090. The summed E-state index contributed by atoms with van der Waals surface area (Å²) in [5.74, 6) is 0.995. The summed E-state index contributed by atoms with van der Waals surface area (Å²) in [5.41, 5.74) is 3.27. The van der Waals surface area contributed by atoms with Crippen molar-refractivity contribution in [3.8, 4) is 5.69 Å². The maximum absolute atomic E-state index is 13.4. The largest absolute Gasteiger partial charge is 0.303 e. The molecule has 0 saturated carbocycles. The fourth-order valence-electron chi connectivity index (χ4n) is 5.56. The summed E-state index contributed by atoms with van der Waals surface area (Å²) in [5, 5.41) is 5.77. The van der Waals surface area contributed by atoms with Gasteiger partial charge in [0.2, 0.25) is 0 Å². The Morgan fingerprint density at radius 1 is 1.07 bits per heavy atom. The van der Waals surface area contributed by atoms with Gasteiger partial charge in [-0.05, 0) is 62.0 Å². The molecule has 3 fully saturated rings. The lowest BCUT2D eigenvalue weighted by molar-refractivity contribution is 0.0192. The summed E-state index contributed by atoms with van der Waals surface area (Å²) in [7, 11) is 0. The summed E-state index contributed by atoms with van der Waals surface area (Å²) in [4.78, 5) is 20.3. The molecule has 0 N–H and O–H groups in total. The molecule has 0 radical (unpaired) electrons. The number of piperidine rings is 3. The molecule has 5 nitrogen and oxygen atoms in total. The van der Waals surface area contributed by atoms with Gasteiger partial charge in [0.1, 0.15) is 5.82 Å². The van der Waals surface area contributed by atoms with Crippen molar-refractivity contribution in [2.24, 2.45) is 17.8 Å². The number of pyridine rings is 1. The summed E-state index contributed by atoms with van der Waals surface area (Å²) < 4.78 is 15.2. The first-order valence-electron chi connectivity index (χ1n) is 10.1. The van der Waals surface area contributed by atoms with E-state index in [0.717, 1.165) is 28.8 Å². The number of fused-ring (bicyclic) bond motifs is 3. The van der Waals surface area contributed by atoms with Crippen LogP contribution in [0.2, 0.25) is 0 Å². The number of hydrogen-bond donors (Lipinski definition) is 0. The zero-order valence-corrected chi connectivity index (χ0v) is 16.7. The number of benzene rings is 1. The van der Waals surface area contributed by atoms with Crippen molar-refractivity contribution in [1.29, 1.82) is 0 Å². The molecule has 2 aromatic heterocycles. The van der Waals surface area contributed by atoms with Gasteiger partial charge >= 0.3 is 0 Å². The Hall–Kier alpha value is -2.31. The normalized spacial score (nSPS) is 27.8. The Balaban J connectivity index is 0.00000181. The highest BCUT2D eigenvalue weighted by Crippen LogP contribution is 2.42. The highest BCUT2D eigenvalue weighted by atomic mass is 35.5. The van der Waals surface area contributed by atoms with Crippen LogP contribution in [0.5, 0.6) is 0 Å². The van der Waals surface area contributed by atoms with Crippen LogP contribution in [0.25, 0.3) is 16.6 Å². The molecule has 7 rings (SSSR count). The number of Topliss-reactive ketones (excluding diaryl/α,β-unsaturated/α-hetero) is 1. The van der Waals surface area contributed by atoms with Crippen molar-refractivity contribution in [3.05, 3.63) is 53.7 Å². The SMILES string of the molecule is Cl.O=C1c2cncc3c2c(nn3-c2ccc(F)cc2)C[C@@H]1C1CN2CCC1CC2. The van der Waals surface area contributed by atoms with E-state index in [2.05, 4.69) is 9.88 Å². The lowest BCUT2D eigenvalue weighted by Gasteiger charge is -2.47. The molecule has 150 valence electrons. The predicted octanol–water partition coefficient (Wildman–Crippen LogP) is 3.68. The zero-order chi connectivity index (χ0) is 18.8. The van der Waals surface area contributed by atoms with Crippen LogP contribution in [0.4, 0.5) is 4.39 Å². The van der Waals surface area contributed by atoms with Gasteiger partial charge in [0, 0.05) is 36.0 Å². The molecule has 3 aliphatic heterocycles. The molecule has 1 aromatic carbocycles. The monoisotopic (exact) mass is 412 g/mol. The van der Waals surface area contributed by atoms with Gasteiger partial charge in [-0.15, -0.1) is 12.4 Å².